The normalized spacial score (nSPS) is 10.4. The quantitative estimate of drug-likeness (QED) is 0.646. The molecule has 0 unspecified atom stereocenters. The smallest absolute Gasteiger partial charge is 0.123 e. The molecule has 2 rings (SSSR count). The molecule has 0 aliphatic heterocycles. The zero-order chi connectivity index (χ0) is 13.7. The maximum atomic E-state index is 5.95. The molecule has 0 amide bonds. The summed E-state index contributed by atoms with van der Waals surface area (Å²) < 4.78 is 5.61. The van der Waals surface area contributed by atoms with Gasteiger partial charge in [-0.3, -0.25) is 0 Å². The molecule has 19 heavy (non-hydrogen) atoms. The third-order valence-electron chi connectivity index (χ3n) is 2.63. The van der Waals surface area contributed by atoms with E-state index in [1.165, 1.54) is 5.56 Å². The molecule has 2 N–H and O–H groups in total. The molecule has 0 aromatic heterocycles. The number of hydrogen-bond donors (Lipinski definition) is 1. The van der Waals surface area contributed by atoms with Crippen LogP contribution < -0.4 is 10.5 Å². The summed E-state index contributed by atoms with van der Waals surface area (Å²) in [6.45, 7) is 2.66. The predicted octanol–water partition coefficient (Wildman–Crippen LogP) is 4.61. The minimum absolute atomic E-state index is 0.663. The summed E-state index contributed by atoms with van der Waals surface area (Å²) in [5.41, 5.74) is 7.83. The molecule has 0 fully saturated rings. The molecule has 100 valence electrons. The number of thioether (sulfide) groups is 1. The summed E-state index contributed by atoms with van der Waals surface area (Å²) in [4.78, 5) is 1.04. The summed E-state index contributed by atoms with van der Waals surface area (Å²) in [7, 11) is 0. The molecule has 2 aromatic rings. The number of nitrogens with two attached hydrogens (primary N) is 1. The van der Waals surface area contributed by atoms with Crippen molar-refractivity contribution in [2.45, 2.75) is 17.6 Å². The van der Waals surface area contributed by atoms with Crippen molar-refractivity contribution in [2.75, 3.05) is 12.3 Å². The maximum Gasteiger partial charge on any atom is 0.123 e. The maximum absolute atomic E-state index is 5.95. The largest absolute Gasteiger partial charge is 0.494 e. The van der Waals surface area contributed by atoms with E-state index in [-0.39, 0.29) is 0 Å². The lowest BCUT2D eigenvalue weighted by molar-refractivity contribution is 0.337. The monoisotopic (exact) mass is 293 g/mol. The van der Waals surface area contributed by atoms with Crippen molar-refractivity contribution >= 4 is 29.1 Å². The Balaban J connectivity index is 2.10. The highest BCUT2D eigenvalue weighted by atomic mass is 35.5. The second-order valence-corrected chi connectivity index (χ2v) is 5.47. The van der Waals surface area contributed by atoms with Crippen LogP contribution in [0.5, 0.6) is 5.75 Å². The fourth-order valence-electron chi connectivity index (χ4n) is 1.73. The number of rotatable bonds is 5. The SMILES string of the molecule is CCOc1ccccc1CSc1ccc(Cl)cc1N. The molecule has 0 heterocycles. The first kappa shape index (κ1) is 14.1. The highest BCUT2D eigenvalue weighted by Crippen LogP contribution is 2.32. The molecule has 0 aliphatic rings. The van der Waals surface area contributed by atoms with Crippen molar-refractivity contribution in [2.24, 2.45) is 0 Å². The minimum atomic E-state index is 0.663. The van der Waals surface area contributed by atoms with Gasteiger partial charge in [-0.1, -0.05) is 29.8 Å². The molecular formula is C15H16ClNOS. The first-order valence-electron chi connectivity index (χ1n) is 6.09. The van der Waals surface area contributed by atoms with Crippen LogP contribution in [0.3, 0.4) is 0 Å². The van der Waals surface area contributed by atoms with Crippen molar-refractivity contribution in [3.63, 3.8) is 0 Å². The van der Waals surface area contributed by atoms with Gasteiger partial charge in [0.15, 0.2) is 0 Å². The average molecular weight is 294 g/mol. The number of benzene rings is 2. The molecule has 4 heteroatoms. The third kappa shape index (κ3) is 3.82. The highest BCUT2D eigenvalue weighted by Gasteiger charge is 2.05. The Morgan fingerprint density at radius 2 is 2.00 bits per heavy atom. The number of anilines is 1. The Labute approximate surface area is 122 Å². The molecule has 2 aromatic carbocycles. The zero-order valence-electron chi connectivity index (χ0n) is 10.7. The van der Waals surface area contributed by atoms with Gasteiger partial charge in [0.25, 0.3) is 0 Å². The van der Waals surface area contributed by atoms with Gasteiger partial charge in [0.2, 0.25) is 0 Å². The van der Waals surface area contributed by atoms with E-state index in [4.69, 9.17) is 22.1 Å². The molecule has 0 saturated heterocycles. The summed E-state index contributed by atoms with van der Waals surface area (Å²) in [5.74, 6) is 1.76. The number of halogens is 1. The van der Waals surface area contributed by atoms with Crippen LogP contribution in [0.1, 0.15) is 12.5 Å². The molecule has 0 spiro atoms. The standard InChI is InChI=1S/C15H16ClNOS/c1-2-18-14-6-4-3-5-11(14)10-19-15-8-7-12(16)9-13(15)17/h3-9H,2,10,17H2,1H3. The van der Waals surface area contributed by atoms with Crippen molar-refractivity contribution in [3.05, 3.63) is 53.1 Å². The first-order valence-corrected chi connectivity index (χ1v) is 7.45. The Morgan fingerprint density at radius 1 is 1.21 bits per heavy atom. The predicted molar refractivity (Wildman–Crippen MR) is 83.0 cm³/mol. The summed E-state index contributed by atoms with van der Waals surface area (Å²) in [5, 5.41) is 0.663. The third-order valence-corrected chi connectivity index (χ3v) is 4.00. The lowest BCUT2D eigenvalue weighted by Crippen LogP contribution is -1.95. The summed E-state index contributed by atoms with van der Waals surface area (Å²) in [6.07, 6.45) is 0. The van der Waals surface area contributed by atoms with E-state index in [9.17, 15) is 0 Å². The van der Waals surface area contributed by atoms with E-state index in [0.29, 0.717) is 17.3 Å². The average Bonchev–Trinajstić information content (AvgIpc) is 2.40. The van der Waals surface area contributed by atoms with Crippen LogP contribution in [0, 0.1) is 0 Å². The second-order valence-electron chi connectivity index (χ2n) is 4.01. The van der Waals surface area contributed by atoms with Crippen LogP contribution in [-0.2, 0) is 5.75 Å². The fourth-order valence-corrected chi connectivity index (χ4v) is 2.85. The van der Waals surface area contributed by atoms with Gasteiger partial charge in [-0.15, -0.1) is 11.8 Å². The van der Waals surface area contributed by atoms with Gasteiger partial charge in [0.05, 0.1) is 6.61 Å². The fraction of sp³-hybridized carbons (Fsp3) is 0.200. The molecule has 2 nitrogen and oxygen atoms in total. The molecule has 0 radical (unpaired) electrons. The van der Waals surface area contributed by atoms with Crippen LogP contribution in [0.15, 0.2) is 47.4 Å². The molecule has 0 bridgehead atoms. The highest BCUT2D eigenvalue weighted by molar-refractivity contribution is 7.98. The van der Waals surface area contributed by atoms with Gasteiger partial charge in [-0.2, -0.15) is 0 Å². The first-order chi connectivity index (χ1) is 9.20. The Morgan fingerprint density at radius 3 is 2.74 bits per heavy atom. The number of para-hydroxylation sites is 1. The van der Waals surface area contributed by atoms with Gasteiger partial charge in [-0.05, 0) is 31.2 Å². The second kappa shape index (κ2) is 6.73. The van der Waals surface area contributed by atoms with Gasteiger partial charge < -0.3 is 10.5 Å². The van der Waals surface area contributed by atoms with Crippen molar-refractivity contribution in [1.82, 2.24) is 0 Å². The summed E-state index contributed by atoms with van der Waals surface area (Å²) >= 11 is 7.58. The van der Waals surface area contributed by atoms with Gasteiger partial charge >= 0.3 is 0 Å². The van der Waals surface area contributed by atoms with Gasteiger partial charge in [0.1, 0.15) is 5.75 Å². The van der Waals surface area contributed by atoms with Crippen molar-refractivity contribution < 1.29 is 4.74 Å². The van der Waals surface area contributed by atoms with Gasteiger partial charge in [0, 0.05) is 26.9 Å². The lowest BCUT2D eigenvalue weighted by Gasteiger charge is -2.10. The number of ether oxygens (including phenoxy) is 1. The zero-order valence-corrected chi connectivity index (χ0v) is 12.3. The molecule has 0 aliphatic carbocycles. The van der Waals surface area contributed by atoms with E-state index in [2.05, 4.69) is 6.07 Å². The number of nitrogen functional groups attached to an aromatic ring is 1. The van der Waals surface area contributed by atoms with Crippen molar-refractivity contribution in [1.29, 1.82) is 0 Å². The molecule has 0 atom stereocenters. The Bertz CT molecular complexity index is 560. The topological polar surface area (TPSA) is 35.2 Å². The molecular weight excluding hydrogens is 278 g/mol. The molecule has 0 saturated carbocycles. The Hall–Kier alpha value is -1.32. The van der Waals surface area contributed by atoms with Crippen molar-refractivity contribution in [3.8, 4) is 5.75 Å². The van der Waals surface area contributed by atoms with Crippen LogP contribution in [-0.4, -0.2) is 6.61 Å². The van der Waals surface area contributed by atoms with E-state index < -0.39 is 0 Å². The van der Waals surface area contributed by atoms with Gasteiger partial charge in [-0.25, -0.2) is 0 Å². The van der Waals surface area contributed by atoms with E-state index in [1.54, 1.807) is 17.8 Å². The van der Waals surface area contributed by atoms with E-state index >= 15 is 0 Å². The van der Waals surface area contributed by atoms with E-state index in [0.717, 1.165) is 16.4 Å². The Kier molecular flexibility index (Phi) is 5.00. The van der Waals surface area contributed by atoms with Crippen LogP contribution >= 0.6 is 23.4 Å². The summed E-state index contributed by atoms with van der Waals surface area (Å²) in [6, 6.07) is 13.6. The van der Waals surface area contributed by atoms with E-state index in [1.807, 2.05) is 37.3 Å². The van der Waals surface area contributed by atoms with Crippen LogP contribution in [0.2, 0.25) is 5.02 Å². The number of hydrogen-bond acceptors (Lipinski definition) is 3. The van der Waals surface area contributed by atoms with Crippen LogP contribution in [0.25, 0.3) is 0 Å². The lowest BCUT2D eigenvalue weighted by atomic mass is 10.2. The minimum Gasteiger partial charge on any atom is -0.494 e. The van der Waals surface area contributed by atoms with Crippen LogP contribution in [0.4, 0.5) is 5.69 Å².